The fourth-order valence-corrected chi connectivity index (χ4v) is 3.19. The highest BCUT2D eigenvalue weighted by molar-refractivity contribution is 9.10. The number of rotatable bonds is 7. The van der Waals surface area contributed by atoms with Crippen LogP contribution in [0.5, 0.6) is 5.75 Å². The number of nitrogens with zero attached hydrogens (tertiary/aromatic N) is 2. The van der Waals surface area contributed by atoms with Gasteiger partial charge in [-0.1, -0.05) is 36.4 Å². The molecule has 31 heavy (non-hydrogen) atoms. The van der Waals surface area contributed by atoms with E-state index in [-0.39, 0.29) is 17.9 Å². The van der Waals surface area contributed by atoms with E-state index in [0.29, 0.717) is 27.0 Å². The molecule has 3 rings (SSSR count). The molecule has 0 fully saturated rings. The number of ether oxygens (including phenoxy) is 1. The van der Waals surface area contributed by atoms with E-state index >= 15 is 0 Å². The molecule has 0 aromatic heterocycles. The van der Waals surface area contributed by atoms with E-state index in [0.717, 1.165) is 0 Å². The average Bonchev–Trinajstić information content (AvgIpc) is 2.77. The van der Waals surface area contributed by atoms with Gasteiger partial charge in [0.15, 0.2) is 0 Å². The van der Waals surface area contributed by atoms with Crippen LogP contribution >= 0.6 is 15.9 Å². The van der Waals surface area contributed by atoms with Gasteiger partial charge in [0.05, 0.1) is 9.40 Å². The highest BCUT2D eigenvalue weighted by atomic mass is 79.9. The summed E-state index contributed by atoms with van der Waals surface area (Å²) < 4.78 is 6.35. The van der Waals surface area contributed by atoms with Gasteiger partial charge in [0.2, 0.25) is 0 Å². The number of hydrogen-bond acceptors (Lipinski definition) is 5. The van der Waals surface area contributed by atoms with Crippen molar-refractivity contribution in [1.82, 2.24) is 0 Å². The third-order valence-corrected chi connectivity index (χ3v) is 4.80. The molecule has 0 heterocycles. The Morgan fingerprint density at radius 2 is 1.90 bits per heavy atom. The standard InChI is InChI=1S/C23H16BrN3O4/c24-21-13-16(11-18(14-25)23(28)26-19-6-2-1-3-7-19)9-10-22(21)31-15-17-5-4-8-20(12-17)27(29)30/h1-13H,15H2,(H,26,28)/b18-11-. The second-order valence-electron chi connectivity index (χ2n) is 6.40. The van der Waals surface area contributed by atoms with Gasteiger partial charge in [-0.2, -0.15) is 5.26 Å². The number of nitrogens with one attached hydrogen (secondary N) is 1. The van der Waals surface area contributed by atoms with Gasteiger partial charge < -0.3 is 10.1 Å². The lowest BCUT2D eigenvalue weighted by atomic mass is 10.1. The van der Waals surface area contributed by atoms with Gasteiger partial charge in [-0.3, -0.25) is 14.9 Å². The largest absolute Gasteiger partial charge is 0.488 e. The molecule has 0 unspecified atom stereocenters. The molecular weight excluding hydrogens is 462 g/mol. The zero-order valence-corrected chi connectivity index (χ0v) is 17.7. The third kappa shape index (κ3) is 6.01. The second kappa shape index (κ2) is 10.2. The molecule has 3 aromatic carbocycles. The van der Waals surface area contributed by atoms with Crippen LogP contribution in [0.25, 0.3) is 6.08 Å². The Balaban J connectivity index is 1.70. The summed E-state index contributed by atoms with van der Waals surface area (Å²) in [4.78, 5) is 22.8. The van der Waals surface area contributed by atoms with Crippen molar-refractivity contribution in [2.45, 2.75) is 6.61 Å². The van der Waals surface area contributed by atoms with Crippen LogP contribution in [0.3, 0.4) is 0 Å². The predicted molar refractivity (Wildman–Crippen MR) is 120 cm³/mol. The average molecular weight is 478 g/mol. The first-order chi connectivity index (χ1) is 15.0. The Kier molecular flexibility index (Phi) is 7.14. The van der Waals surface area contributed by atoms with Crippen molar-refractivity contribution in [1.29, 1.82) is 5.26 Å². The number of hydrogen-bond donors (Lipinski definition) is 1. The molecule has 0 saturated carbocycles. The SMILES string of the molecule is N#C/C(=C/c1ccc(OCc2cccc([N+](=O)[O-])c2)c(Br)c1)C(=O)Nc1ccccc1. The molecule has 0 atom stereocenters. The number of nitriles is 1. The van der Waals surface area contributed by atoms with Crippen LogP contribution < -0.4 is 10.1 Å². The number of anilines is 1. The minimum absolute atomic E-state index is 0.00142. The van der Waals surface area contributed by atoms with Crippen molar-refractivity contribution >= 4 is 39.3 Å². The van der Waals surface area contributed by atoms with Gasteiger partial charge in [0.25, 0.3) is 11.6 Å². The molecular formula is C23H16BrN3O4. The molecule has 3 aromatic rings. The lowest BCUT2D eigenvalue weighted by molar-refractivity contribution is -0.384. The smallest absolute Gasteiger partial charge is 0.269 e. The lowest BCUT2D eigenvalue weighted by Crippen LogP contribution is -2.13. The topological polar surface area (TPSA) is 105 Å². The summed E-state index contributed by atoms with van der Waals surface area (Å²) in [6.45, 7) is 0.151. The fourth-order valence-electron chi connectivity index (χ4n) is 2.68. The highest BCUT2D eigenvalue weighted by Crippen LogP contribution is 2.28. The first-order valence-electron chi connectivity index (χ1n) is 9.10. The van der Waals surface area contributed by atoms with E-state index in [1.165, 1.54) is 18.2 Å². The molecule has 1 N–H and O–H groups in total. The van der Waals surface area contributed by atoms with Gasteiger partial charge >= 0.3 is 0 Å². The van der Waals surface area contributed by atoms with Crippen LogP contribution in [0, 0.1) is 21.4 Å². The maximum atomic E-state index is 12.3. The van der Waals surface area contributed by atoms with E-state index < -0.39 is 10.8 Å². The molecule has 0 saturated heterocycles. The molecule has 8 heteroatoms. The van der Waals surface area contributed by atoms with Crippen molar-refractivity contribution in [3.8, 4) is 11.8 Å². The van der Waals surface area contributed by atoms with Crippen LogP contribution in [-0.2, 0) is 11.4 Å². The Morgan fingerprint density at radius 3 is 2.58 bits per heavy atom. The summed E-state index contributed by atoms with van der Waals surface area (Å²) >= 11 is 3.42. The van der Waals surface area contributed by atoms with Gasteiger partial charge in [0.1, 0.15) is 24.0 Å². The van der Waals surface area contributed by atoms with Crippen molar-refractivity contribution < 1.29 is 14.5 Å². The molecule has 0 radical (unpaired) electrons. The zero-order valence-electron chi connectivity index (χ0n) is 16.1. The van der Waals surface area contributed by atoms with Crippen molar-refractivity contribution in [2.24, 2.45) is 0 Å². The molecule has 0 aliphatic heterocycles. The quantitative estimate of drug-likeness (QED) is 0.210. The van der Waals surface area contributed by atoms with Gasteiger partial charge in [-0.15, -0.1) is 0 Å². The van der Waals surface area contributed by atoms with Crippen molar-refractivity contribution in [3.63, 3.8) is 0 Å². The first-order valence-corrected chi connectivity index (χ1v) is 9.89. The lowest BCUT2D eigenvalue weighted by Gasteiger charge is -2.09. The fraction of sp³-hybridized carbons (Fsp3) is 0.0435. The summed E-state index contributed by atoms with van der Waals surface area (Å²) in [7, 11) is 0. The Hall–Kier alpha value is -3.96. The van der Waals surface area contributed by atoms with Gasteiger partial charge in [-0.05, 0) is 57.4 Å². The highest BCUT2D eigenvalue weighted by Gasteiger charge is 2.11. The number of carbonyl (C=O) groups excluding carboxylic acids is 1. The van der Waals surface area contributed by atoms with Crippen LogP contribution in [0.2, 0.25) is 0 Å². The van der Waals surface area contributed by atoms with E-state index in [4.69, 9.17) is 4.74 Å². The number of benzene rings is 3. The molecule has 0 spiro atoms. The number of carbonyl (C=O) groups is 1. The maximum Gasteiger partial charge on any atom is 0.269 e. The third-order valence-electron chi connectivity index (χ3n) is 4.18. The van der Waals surface area contributed by atoms with E-state index in [1.807, 2.05) is 12.1 Å². The van der Waals surface area contributed by atoms with E-state index in [9.17, 15) is 20.2 Å². The van der Waals surface area contributed by atoms with E-state index in [2.05, 4.69) is 21.2 Å². The van der Waals surface area contributed by atoms with Crippen molar-refractivity contribution in [2.75, 3.05) is 5.32 Å². The number of para-hydroxylation sites is 1. The molecule has 154 valence electrons. The van der Waals surface area contributed by atoms with E-state index in [1.54, 1.807) is 54.6 Å². The van der Waals surface area contributed by atoms with Crippen LogP contribution in [-0.4, -0.2) is 10.8 Å². The molecule has 0 aliphatic rings. The monoisotopic (exact) mass is 477 g/mol. The summed E-state index contributed by atoms with van der Waals surface area (Å²) in [6, 6.07) is 22.1. The summed E-state index contributed by atoms with van der Waals surface area (Å²) in [5.41, 5.74) is 1.85. The summed E-state index contributed by atoms with van der Waals surface area (Å²) in [5.74, 6) is 0.0201. The minimum Gasteiger partial charge on any atom is -0.488 e. The minimum atomic E-state index is -0.504. The predicted octanol–water partition coefficient (Wildman–Crippen LogP) is 5.48. The number of non-ortho nitro benzene ring substituents is 1. The Bertz CT molecular complexity index is 1190. The number of nitro groups is 1. The van der Waals surface area contributed by atoms with Gasteiger partial charge in [0, 0.05) is 17.8 Å². The maximum absolute atomic E-state index is 12.3. The normalized spacial score (nSPS) is 10.8. The summed E-state index contributed by atoms with van der Waals surface area (Å²) in [6.07, 6.45) is 1.48. The first kappa shape index (κ1) is 21.7. The van der Waals surface area contributed by atoms with Crippen LogP contribution in [0.4, 0.5) is 11.4 Å². The summed E-state index contributed by atoms with van der Waals surface area (Å²) in [5, 5.41) is 22.9. The van der Waals surface area contributed by atoms with Crippen LogP contribution in [0.1, 0.15) is 11.1 Å². The number of nitro benzene ring substituents is 1. The molecule has 1 amide bonds. The molecule has 7 nitrogen and oxygen atoms in total. The molecule has 0 aliphatic carbocycles. The number of halogens is 1. The Morgan fingerprint density at radius 1 is 1.13 bits per heavy atom. The van der Waals surface area contributed by atoms with Crippen molar-refractivity contribution in [3.05, 3.63) is 104 Å². The van der Waals surface area contributed by atoms with Crippen LogP contribution in [0.15, 0.2) is 82.8 Å². The second-order valence-corrected chi connectivity index (χ2v) is 7.25. The van der Waals surface area contributed by atoms with Gasteiger partial charge in [-0.25, -0.2) is 0 Å². The zero-order chi connectivity index (χ0) is 22.2. The number of amides is 1. The molecule has 0 bridgehead atoms. The Labute approximate surface area is 186 Å².